The number of aromatic nitrogens is 2. The predicted molar refractivity (Wildman–Crippen MR) is 76.9 cm³/mol. The first kappa shape index (κ1) is 13.0. The quantitative estimate of drug-likeness (QED) is 0.691. The number of hydrogen-bond acceptors (Lipinski definition) is 2. The molecule has 0 bridgehead atoms. The third-order valence-corrected chi connectivity index (χ3v) is 3.26. The number of nitrogens with zero attached hydrogens (tertiary/aromatic N) is 2. The molecule has 0 amide bonds. The minimum Gasteiger partial charge on any atom is -0.264 e. The fourth-order valence-corrected chi connectivity index (χ4v) is 2.02. The maximum atomic E-state index is 4.67. The molecule has 0 aromatic carbocycles. The van der Waals surface area contributed by atoms with Gasteiger partial charge in [0.05, 0.1) is 5.52 Å². The third kappa shape index (κ3) is 2.38. The monoisotopic (exact) mass is 242 g/mol. The van der Waals surface area contributed by atoms with Crippen molar-refractivity contribution in [1.82, 2.24) is 9.97 Å². The van der Waals surface area contributed by atoms with Gasteiger partial charge < -0.3 is 0 Å². The van der Waals surface area contributed by atoms with Gasteiger partial charge in [0.25, 0.3) is 0 Å². The SMILES string of the molecule is CC(C)(C)c1cnc2c(C(C)(C)C)cncc2c1. The van der Waals surface area contributed by atoms with Gasteiger partial charge >= 0.3 is 0 Å². The summed E-state index contributed by atoms with van der Waals surface area (Å²) in [6, 6.07) is 2.21. The molecule has 2 aromatic rings. The molecular weight excluding hydrogens is 220 g/mol. The van der Waals surface area contributed by atoms with Crippen LogP contribution in [-0.2, 0) is 10.8 Å². The zero-order valence-electron chi connectivity index (χ0n) is 12.2. The summed E-state index contributed by atoms with van der Waals surface area (Å²) in [4.78, 5) is 9.04. The van der Waals surface area contributed by atoms with Crippen molar-refractivity contribution in [2.75, 3.05) is 0 Å². The summed E-state index contributed by atoms with van der Waals surface area (Å²) < 4.78 is 0. The highest BCUT2D eigenvalue weighted by Gasteiger charge is 2.20. The largest absolute Gasteiger partial charge is 0.264 e. The molecular formula is C16H22N2. The first-order valence-corrected chi connectivity index (χ1v) is 6.44. The van der Waals surface area contributed by atoms with E-state index in [1.807, 2.05) is 18.6 Å². The highest BCUT2D eigenvalue weighted by Crippen LogP contribution is 2.30. The second-order valence-electron chi connectivity index (χ2n) is 6.98. The van der Waals surface area contributed by atoms with Crippen LogP contribution in [0, 0.1) is 0 Å². The van der Waals surface area contributed by atoms with E-state index in [2.05, 4.69) is 57.6 Å². The van der Waals surface area contributed by atoms with Gasteiger partial charge in [0, 0.05) is 29.5 Å². The second kappa shape index (κ2) is 4.04. The maximum absolute atomic E-state index is 4.67. The lowest BCUT2D eigenvalue weighted by molar-refractivity contribution is 0.585. The van der Waals surface area contributed by atoms with Crippen LogP contribution in [0.3, 0.4) is 0 Å². The lowest BCUT2D eigenvalue weighted by Crippen LogP contribution is -2.14. The molecule has 2 heterocycles. The molecule has 0 aliphatic carbocycles. The highest BCUT2D eigenvalue weighted by molar-refractivity contribution is 5.82. The van der Waals surface area contributed by atoms with Gasteiger partial charge in [-0.05, 0) is 22.5 Å². The summed E-state index contributed by atoms with van der Waals surface area (Å²) >= 11 is 0. The number of fused-ring (bicyclic) bond motifs is 1. The summed E-state index contributed by atoms with van der Waals surface area (Å²) in [6.45, 7) is 13.2. The normalized spacial score (nSPS) is 13.0. The molecule has 0 saturated carbocycles. The molecule has 18 heavy (non-hydrogen) atoms. The highest BCUT2D eigenvalue weighted by atomic mass is 14.7. The minimum atomic E-state index is 0.0722. The standard InChI is InChI=1S/C16H22N2/c1-15(2,3)12-7-11-8-17-10-13(16(4,5)6)14(11)18-9-12/h7-10H,1-6H3. The van der Waals surface area contributed by atoms with Crippen LogP contribution in [-0.4, -0.2) is 9.97 Å². The van der Waals surface area contributed by atoms with Gasteiger partial charge in [0.15, 0.2) is 0 Å². The van der Waals surface area contributed by atoms with Gasteiger partial charge in [0.1, 0.15) is 0 Å². The van der Waals surface area contributed by atoms with E-state index in [4.69, 9.17) is 0 Å². The smallest absolute Gasteiger partial charge is 0.0770 e. The van der Waals surface area contributed by atoms with Gasteiger partial charge in [-0.15, -0.1) is 0 Å². The summed E-state index contributed by atoms with van der Waals surface area (Å²) in [6.07, 6.45) is 5.84. The van der Waals surface area contributed by atoms with E-state index in [0.29, 0.717) is 0 Å². The molecule has 0 saturated heterocycles. The van der Waals surface area contributed by atoms with Gasteiger partial charge in [0.2, 0.25) is 0 Å². The Balaban J connectivity index is 2.68. The Morgan fingerprint density at radius 1 is 0.833 bits per heavy atom. The summed E-state index contributed by atoms with van der Waals surface area (Å²) in [7, 11) is 0. The zero-order valence-corrected chi connectivity index (χ0v) is 12.2. The van der Waals surface area contributed by atoms with E-state index >= 15 is 0 Å². The Morgan fingerprint density at radius 3 is 2.06 bits per heavy atom. The van der Waals surface area contributed by atoms with Gasteiger partial charge in [-0.25, -0.2) is 0 Å². The summed E-state index contributed by atoms with van der Waals surface area (Å²) in [5.41, 5.74) is 3.73. The van der Waals surface area contributed by atoms with Crippen molar-refractivity contribution in [3.05, 3.63) is 35.8 Å². The van der Waals surface area contributed by atoms with Crippen LogP contribution in [0.1, 0.15) is 52.7 Å². The first-order chi connectivity index (χ1) is 8.19. The van der Waals surface area contributed by atoms with E-state index in [1.165, 1.54) is 11.1 Å². The van der Waals surface area contributed by atoms with Crippen molar-refractivity contribution >= 4 is 10.9 Å². The van der Waals surface area contributed by atoms with Gasteiger partial charge in [-0.1, -0.05) is 41.5 Å². The topological polar surface area (TPSA) is 25.8 Å². The van der Waals surface area contributed by atoms with E-state index < -0.39 is 0 Å². The molecule has 2 heteroatoms. The van der Waals surface area contributed by atoms with Crippen LogP contribution >= 0.6 is 0 Å². The molecule has 0 aliphatic heterocycles. The number of hydrogen-bond donors (Lipinski definition) is 0. The van der Waals surface area contributed by atoms with Crippen LogP contribution in [0.5, 0.6) is 0 Å². The van der Waals surface area contributed by atoms with Gasteiger partial charge in [-0.3, -0.25) is 9.97 Å². The summed E-state index contributed by atoms with van der Waals surface area (Å²) in [5.74, 6) is 0. The fourth-order valence-electron chi connectivity index (χ4n) is 2.02. The van der Waals surface area contributed by atoms with E-state index in [-0.39, 0.29) is 10.8 Å². The van der Waals surface area contributed by atoms with E-state index in [0.717, 1.165) is 10.9 Å². The van der Waals surface area contributed by atoms with Crippen molar-refractivity contribution in [2.45, 2.75) is 52.4 Å². The van der Waals surface area contributed by atoms with Crippen LogP contribution in [0.25, 0.3) is 10.9 Å². The van der Waals surface area contributed by atoms with Crippen molar-refractivity contribution in [1.29, 1.82) is 0 Å². The molecule has 96 valence electrons. The molecule has 2 aromatic heterocycles. The lowest BCUT2D eigenvalue weighted by Gasteiger charge is -2.22. The molecule has 0 atom stereocenters. The molecule has 2 rings (SSSR count). The van der Waals surface area contributed by atoms with Crippen molar-refractivity contribution in [3.63, 3.8) is 0 Å². The maximum Gasteiger partial charge on any atom is 0.0770 e. The molecule has 0 fully saturated rings. The predicted octanol–water partition coefficient (Wildman–Crippen LogP) is 4.22. The average molecular weight is 242 g/mol. The molecule has 0 N–H and O–H groups in total. The van der Waals surface area contributed by atoms with Gasteiger partial charge in [-0.2, -0.15) is 0 Å². The molecule has 0 aliphatic rings. The Kier molecular flexibility index (Phi) is 2.92. The van der Waals surface area contributed by atoms with Crippen LogP contribution < -0.4 is 0 Å². The van der Waals surface area contributed by atoms with Crippen molar-refractivity contribution < 1.29 is 0 Å². The Labute approximate surface area is 109 Å². The Hall–Kier alpha value is -1.44. The fraction of sp³-hybridized carbons (Fsp3) is 0.500. The van der Waals surface area contributed by atoms with Crippen molar-refractivity contribution in [3.8, 4) is 0 Å². The molecule has 2 nitrogen and oxygen atoms in total. The van der Waals surface area contributed by atoms with E-state index in [9.17, 15) is 0 Å². The van der Waals surface area contributed by atoms with Crippen LogP contribution in [0.15, 0.2) is 24.7 Å². The zero-order chi connectivity index (χ0) is 13.6. The van der Waals surface area contributed by atoms with Crippen molar-refractivity contribution in [2.24, 2.45) is 0 Å². The summed E-state index contributed by atoms with van der Waals surface area (Å²) in [5, 5.41) is 1.13. The Bertz CT molecular complexity index is 572. The second-order valence-corrected chi connectivity index (χ2v) is 6.98. The minimum absolute atomic E-state index is 0.0722. The lowest BCUT2D eigenvalue weighted by atomic mass is 9.85. The molecule has 0 spiro atoms. The third-order valence-electron chi connectivity index (χ3n) is 3.26. The molecule has 0 unspecified atom stereocenters. The number of pyridine rings is 2. The average Bonchev–Trinajstić information content (AvgIpc) is 2.25. The first-order valence-electron chi connectivity index (χ1n) is 6.44. The molecule has 0 radical (unpaired) electrons. The van der Waals surface area contributed by atoms with Crippen LogP contribution in [0.2, 0.25) is 0 Å². The van der Waals surface area contributed by atoms with E-state index in [1.54, 1.807) is 0 Å². The Morgan fingerprint density at radius 2 is 1.50 bits per heavy atom. The number of rotatable bonds is 0. The van der Waals surface area contributed by atoms with Crippen LogP contribution in [0.4, 0.5) is 0 Å².